The van der Waals surface area contributed by atoms with Gasteiger partial charge in [0, 0.05) is 12.0 Å². The van der Waals surface area contributed by atoms with Crippen molar-refractivity contribution in [1.82, 2.24) is 15.0 Å². The number of hydrogen-bond acceptors (Lipinski definition) is 4. The third-order valence-electron chi connectivity index (χ3n) is 5.28. The van der Waals surface area contributed by atoms with Crippen LogP contribution in [0, 0.1) is 0 Å². The Kier molecular flexibility index (Phi) is 8.41. The lowest BCUT2D eigenvalue weighted by Gasteiger charge is -2.06. The molecule has 3 N–H and O–H groups in total. The number of nitrogens with zero attached hydrogens (tertiary/aromatic N) is 1. The van der Waals surface area contributed by atoms with Crippen molar-refractivity contribution in [3.05, 3.63) is 71.3 Å². The minimum Gasteiger partial charge on any atom is -0.497 e. The lowest BCUT2D eigenvalue weighted by molar-refractivity contribution is -0.137. The van der Waals surface area contributed by atoms with Gasteiger partial charge in [-0.15, -0.1) is 0 Å². The summed E-state index contributed by atoms with van der Waals surface area (Å²) < 4.78 is 5.22. The zero-order valence-corrected chi connectivity index (χ0v) is 18.9. The summed E-state index contributed by atoms with van der Waals surface area (Å²) in [5.41, 5.74) is 4.06. The minimum absolute atomic E-state index is 0.163. The van der Waals surface area contributed by atoms with Crippen LogP contribution in [-0.2, 0) is 4.79 Å². The third-order valence-corrected chi connectivity index (χ3v) is 5.28. The third kappa shape index (κ3) is 6.10. The molecule has 2 heterocycles. The molecule has 33 heavy (non-hydrogen) atoms. The van der Waals surface area contributed by atoms with E-state index in [1.807, 2.05) is 54.6 Å². The number of methoxy groups -OCH3 is 1. The number of aromatic amines is 2. The highest BCUT2D eigenvalue weighted by atomic mass is 16.5. The van der Waals surface area contributed by atoms with Crippen molar-refractivity contribution in [2.45, 2.75) is 39.0 Å². The van der Waals surface area contributed by atoms with Gasteiger partial charge in [0.2, 0.25) is 0 Å². The number of aliphatic carboxylic acids is 1. The molecule has 4 rings (SSSR count). The zero-order chi connectivity index (χ0) is 23.6. The van der Waals surface area contributed by atoms with Gasteiger partial charge in [-0.1, -0.05) is 68.7 Å². The van der Waals surface area contributed by atoms with Crippen molar-refractivity contribution in [2.24, 2.45) is 0 Å². The molecule has 172 valence electrons. The topological polar surface area (TPSA) is 108 Å². The average molecular weight is 448 g/mol. The van der Waals surface area contributed by atoms with Crippen LogP contribution in [0.4, 0.5) is 0 Å². The summed E-state index contributed by atoms with van der Waals surface area (Å²) in [4.78, 5) is 32.6. The van der Waals surface area contributed by atoms with Crippen LogP contribution in [0.3, 0.4) is 0 Å². The van der Waals surface area contributed by atoms with Gasteiger partial charge in [0.25, 0.3) is 5.56 Å². The molecular weight excluding hydrogens is 418 g/mol. The number of carboxylic acids is 1. The fourth-order valence-electron chi connectivity index (χ4n) is 3.60. The van der Waals surface area contributed by atoms with E-state index in [9.17, 15) is 9.59 Å². The lowest BCUT2D eigenvalue weighted by atomic mass is 9.99. The highest BCUT2D eigenvalue weighted by Crippen LogP contribution is 2.36. The zero-order valence-electron chi connectivity index (χ0n) is 18.9. The molecule has 7 nitrogen and oxygen atoms in total. The first-order valence-electron chi connectivity index (χ1n) is 11.1. The molecule has 0 radical (unpaired) electrons. The van der Waals surface area contributed by atoms with Crippen molar-refractivity contribution >= 4 is 17.0 Å². The maximum atomic E-state index is 12.4. The molecule has 0 atom stereocenters. The molecule has 2 aromatic heterocycles. The summed E-state index contributed by atoms with van der Waals surface area (Å²) in [7, 11) is 1.63. The van der Waals surface area contributed by atoms with Crippen LogP contribution in [-0.4, -0.2) is 33.1 Å². The summed E-state index contributed by atoms with van der Waals surface area (Å²) in [6.45, 7) is 2.11. The molecule has 0 amide bonds. The fourth-order valence-corrected chi connectivity index (χ4v) is 3.60. The number of benzene rings is 2. The van der Waals surface area contributed by atoms with Crippen LogP contribution in [0.25, 0.3) is 33.4 Å². The van der Waals surface area contributed by atoms with E-state index < -0.39 is 5.97 Å². The average Bonchev–Trinajstić information content (AvgIpc) is 3.24. The van der Waals surface area contributed by atoms with Crippen LogP contribution in [0.15, 0.2) is 65.7 Å². The molecule has 0 aliphatic heterocycles. The molecule has 0 unspecified atom stereocenters. The van der Waals surface area contributed by atoms with E-state index in [-0.39, 0.29) is 5.56 Å². The predicted octanol–water partition coefficient (Wildman–Crippen LogP) is 5.64. The number of H-pyrrole nitrogens is 2. The van der Waals surface area contributed by atoms with E-state index >= 15 is 0 Å². The fraction of sp³-hybridized carbons (Fsp3) is 0.269. The molecule has 0 saturated carbocycles. The molecule has 0 spiro atoms. The Morgan fingerprint density at radius 1 is 1.00 bits per heavy atom. The monoisotopic (exact) mass is 447 g/mol. The van der Waals surface area contributed by atoms with Gasteiger partial charge in [0.05, 0.1) is 24.5 Å². The molecule has 0 bridgehead atoms. The summed E-state index contributed by atoms with van der Waals surface area (Å²) in [6, 6.07) is 17.6. The first kappa shape index (κ1) is 23.8. The van der Waals surface area contributed by atoms with E-state index in [4.69, 9.17) is 9.84 Å². The number of carbonyl (C=O) groups is 1. The van der Waals surface area contributed by atoms with Crippen molar-refractivity contribution in [1.29, 1.82) is 0 Å². The first-order valence-corrected chi connectivity index (χ1v) is 11.1. The molecule has 0 aliphatic rings. The number of nitrogens with one attached hydrogen (secondary N) is 2. The van der Waals surface area contributed by atoms with E-state index in [2.05, 4.69) is 21.9 Å². The number of fused-ring (bicyclic) bond motifs is 1. The smallest absolute Gasteiger partial charge is 0.303 e. The quantitative estimate of drug-likeness (QED) is 0.303. The van der Waals surface area contributed by atoms with Crippen LogP contribution >= 0.6 is 0 Å². The van der Waals surface area contributed by atoms with Crippen LogP contribution in [0.1, 0.15) is 39.0 Å². The number of rotatable bonds is 8. The summed E-state index contributed by atoms with van der Waals surface area (Å²) in [6.07, 6.45) is 5.96. The molecule has 0 aliphatic carbocycles. The van der Waals surface area contributed by atoms with E-state index in [0.29, 0.717) is 17.5 Å². The molecule has 0 saturated heterocycles. The van der Waals surface area contributed by atoms with Crippen LogP contribution in [0.5, 0.6) is 5.75 Å². The molecular formula is C26H29N3O4. The van der Waals surface area contributed by atoms with Crippen molar-refractivity contribution in [2.75, 3.05) is 7.11 Å². The predicted molar refractivity (Wildman–Crippen MR) is 131 cm³/mol. The van der Waals surface area contributed by atoms with Gasteiger partial charge >= 0.3 is 5.97 Å². The van der Waals surface area contributed by atoms with Crippen LogP contribution < -0.4 is 10.3 Å². The minimum atomic E-state index is -0.675. The normalized spacial score (nSPS) is 10.5. The van der Waals surface area contributed by atoms with Gasteiger partial charge < -0.3 is 19.8 Å². The van der Waals surface area contributed by atoms with Crippen molar-refractivity contribution in [3.63, 3.8) is 0 Å². The number of carboxylic acid groups (broad SMARTS) is 1. The maximum absolute atomic E-state index is 12.4. The van der Waals surface area contributed by atoms with E-state index in [0.717, 1.165) is 47.4 Å². The Morgan fingerprint density at radius 2 is 1.73 bits per heavy atom. The lowest BCUT2D eigenvalue weighted by Crippen LogP contribution is -2.05. The van der Waals surface area contributed by atoms with Gasteiger partial charge in [0.1, 0.15) is 11.4 Å². The Bertz CT molecular complexity index is 1230. The van der Waals surface area contributed by atoms with E-state index in [1.165, 1.54) is 12.7 Å². The largest absolute Gasteiger partial charge is 0.497 e. The molecule has 0 fully saturated rings. The number of aromatic nitrogens is 3. The SMILES string of the molecule is CCCCCCC(=O)O.COc1ccc(-c2c(-c3ccccc3)[nH]c3nc[nH]c(=O)c23)cc1. The first-order chi connectivity index (χ1) is 16.0. The number of hydrogen-bond donors (Lipinski definition) is 3. The van der Waals surface area contributed by atoms with Gasteiger partial charge in [-0.05, 0) is 29.7 Å². The van der Waals surface area contributed by atoms with Crippen molar-refractivity contribution in [3.8, 4) is 28.1 Å². The summed E-state index contributed by atoms with van der Waals surface area (Å²) in [5, 5.41) is 8.77. The van der Waals surface area contributed by atoms with Crippen molar-refractivity contribution < 1.29 is 14.6 Å². The van der Waals surface area contributed by atoms with E-state index in [1.54, 1.807) is 7.11 Å². The summed E-state index contributed by atoms with van der Waals surface area (Å²) in [5.74, 6) is 0.0954. The van der Waals surface area contributed by atoms with Crippen LogP contribution in [0.2, 0.25) is 0 Å². The highest BCUT2D eigenvalue weighted by Gasteiger charge is 2.18. The van der Waals surface area contributed by atoms with Gasteiger partial charge in [-0.3, -0.25) is 9.59 Å². The second-order valence-electron chi connectivity index (χ2n) is 7.63. The molecule has 7 heteroatoms. The summed E-state index contributed by atoms with van der Waals surface area (Å²) >= 11 is 0. The van der Waals surface area contributed by atoms with Gasteiger partial charge in [-0.25, -0.2) is 4.98 Å². The number of unbranched alkanes of at least 4 members (excludes halogenated alkanes) is 3. The second-order valence-corrected chi connectivity index (χ2v) is 7.63. The molecule has 2 aromatic carbocycles. The van der Waals surface area contributed by atoms with Gasteiger partial charge in [0.15, 0.2) is 0 Å². The second kappa shape index (κ2) is 11.7. The Labute approximate surface area is 192 Å². The Morgan fingerprint density at radius 3 is 2.36 bits per heavy atom. The molecule has 4 aromatic rings. The Hall–Kier alpha value is -3.87. The maximum Gasteiger partial charge on any atom is 0.303 e. The standard InChI is InChI=1S/C19H15N3O2.C7H14O2/c1-24-14-9-7-12(8-10-14)15-16-18(20-11-21-19(16)23)22-17(15)13-5-3-2-4-6-13;1-2-3-4-5-6-7(8)9/h2-11H,1H3,(H2,20,21,22,23);2-6H2,1H3,(H,8,9). The number of ether oxygens (including phenoxy) is 1. The Balaban J connectivity index is 0.000000292. The highest BCUT2D eigenvalue weighted by molar-refractivity contribution is 6.01. The van der Waals surface area contributed by atoms with Gasteiger partial charge in [-0.2, -0.15) is 0 Å².